The van der Waals surface area contributed by atoms with Gasteiger partial charge in [0.15, 0.2) is 3.79 Å². The molecule has 0 radical (unpaired) electrons. The molecule has 1 aliphatic rings. The summed E-state index contributed by atoms with van der Waals surface area (Å²) in [6.07, 6.45) is 0.170. The van der Waals surface area contributed by atoms with Gasteiger partial charge in [-0.1, -0.05) is 46.9 Å². The third kappa shape index (κ3) is 2.35. The van der Waals surface area contributed by atoms with Gasteiger partial charge in [0.2, 0.25) is 5.91 Å². The quantitative estimate of drug-likeness (QED) is 0.707. The Kier molecular flexibility index (Phi) is 3.58. The van der Waals surface area contributed by atoms with Crippen LogP contribution < -0.4 is 4.90 Å². The number of nitrogens with zero attached hydrogens (tertiary/aromatic N) is 1. The molecule has 0 spiro atoms. The summed E-state index contributed by atoms with van der Waals surface area (Å²) in [6.45, 7) is 5.88. The van der Waals surface area contributed by atoms with Crippen LogP contribution in [0.1, 0.15) is 30.0 Å². The highest BCUT2D eigenvalue weighted by Gasteiger charge is 2.50. The van der Waals surface area contributed by atoms with Crippen LogP contribution in [0.3, 0.4) is 0 Å². The number of amides is 1. The summed E-state index contributed by atoms with van der Waals surface area (Å²) in [5.74, 6) is -0.0254. The van der Waals surface area contributed by atoms with Gasteiger partial charge in [0.05, 0.1) is 11.1 Å². The number of halogens is 3. The zero-order valence-electron chi connectivity index (χ0n) is 11.4. The van der Waals surface area contributed by atoms with Gasteiger partial charge in [0, 0.05) is 13.5 Å². The molecule has 1 aromatic carbocycles. The Morgan fingerprint density at radius 3 is 2.37 bits per heavy atom. The highest BCUT2D eigenvalue weighted by molar-refractivity contribution is 6.67. The summed E-state index contributed by atoms with van der Waals surface area (Å²) in [4.78, 5) is 14.2. The maximum Gasteiger partial charge on any atom is 0.237 e. The molecule has 0 N–H and O–H groups in total. The zero-order valence-corrected chi connectivity index (χ0v) is 13.6. The average Bonchev–Trinajstić information content (AvgIpc) is 2.44. The maximum atomic E-state index is 12.6. The molecule has 0 saturated carbocycles. The molecule has 1 unspecified atom stereocenters. The van der Waals surface area contributed by atoms with Gasteiger partial charge in [-0.15, -0.1) is 0 Å². The summed E-state index contributed by atoms with van der Waals surface area (Å²) >= 11 is 17.7. The summed E-state index contributed by atoms with van der Waals surface area (Å²) < 4.78 is -1.45. The number of hydrogen-bond donors (Lipinski definition) is 0. The molecule has 0 bridgehead atoms. The van der Waals surface area contributed by atoms with E-state index in [9.17, 15) is 4.79 Å². The Bertz CT molecular complexity index is 550. The molecular weight excluding hydrogens is 305 g/mol. The lowest BCUT2D eigenvalue weighted by Gasteiger charge is -2.27. The number of anilines is 1. The summed E-state index contributed by atoms with van der Waals surface area (Å²) in [5, 5.41) is 0. The van der Waals surface area contributed by atoms with Crippen LogP contribution in [-0.2, 0) is 10.2 Å². The van der Waals surface area contributed by atoms with Crippen molar-refractivity contribution in [1.82, 2.24) is 0 Å². The molecule has 2 nitrogen and oxygen atoms in total. The molecule has 0 fully saturated rings. The molecule has 0 saturated heterocycles. The SMILES string of the molecule is Cc1ccc2c(c1C)N(C)C(=O)C2(C)CC(Cl)(Cl)Cl. The van der Waals surface area contributed by atoms with Gasteiger partial charge < -0.3 is 4.90 Å². The number of fused-ring (bicyclic) bond motifs is 1. The average molecular weight is 321 g/mol. The number of benzene rings is 1. The van der Waals surface area contributed by atoms with Crippen LogP contribution in [0, 0.1) is 13.8 Å². The van der Waals surface area contributed by atoms with E-state index in [1.165, 1.54) is 0 Å². The van der Waals surface area contributed by atoms with Gasteiger partial charge in [0.1, 0.15) is 0 Å². The van der Waals surface area contributed by atoms with Crippen molar-refractivity contribution < 1.29 is 4.79 Å². The number of aryl methyl sites for hydroxylation is 1. The largest absolute Gasteiger partial charge is 0.314 e. The van der Waals surface area contributed by atoms with Crippen LogP contribution in [0.5, 0.6) is 0 Å². The van der Waals surface area contributed by atoms with Gasteiger partial charge in [-0.05, 0) is 37.5 Å². The van der Waals surface area contributed by atoms with Gasteiger partial charge in [-0.2, -0.15) is 0 Å². The lowest BCUT2D eigenvalue weighted by molar-refractivity contribution is -0.122. The molecule has 1 heterocycles. The molecule has 1 aliphatic heterocycles. The normalized spacial score (nSPS) is 22.9. The standard InChI is InChI=1S/C14H16Cl3NO/c1-8-5-6-10-11(9(8)2)18(4)12(19)13(10,3)7-14(15,16)17/h5-6H,7H2,1-4H3. The Morgan fingerprint density at radius 2 is 1.84 bits per heavy atom. The van der Waals surface area contributed by atoms with E-state index in [1.807, 2.05) is 32.9 Å². The van der Waals surface area contributed by atoms with Crippen molar-refractivity contribution in [2.24, 2.45) is 0 Å². The van der Waals surface area contributed by atoms with E-state index in [2.05, 4.69) is 0 Å². The highest BCUT2D eigenvalue weighted by Crippen LogP contribution is 2.50. The number of rotatable bonds is 1. The molecule has 1 atom stereocenters. The Hall–Kier alpha value is -0.440. The fourth-order valence-electron chi connectivity index (χ4n) is 2.84. The minimum Gasteiger partial charge on any atom is -0.314 e. The first-order chi connectivity index (χ1) is 8.58. The second-order valence-corrected chi connectivity index (χ2v) is 7.91. The second kappa shape index (κ2) is 4.54. The van der Waals surface area contributed by atoms with Crippen molar-refractivity contribution in [3.05, 3.63) is 28.8 Å². The van der Waals surface area contributed by atoms with Crippen LogP contribution in [0.15, 0.2) is 12.1 Å². The molecule has 19 heavy (non-hydrogen) atoms. The first-order valence-corrected chi connectivity index (χ1v) is 7.17. The fraction of sp³-hybridized carbons (Fsp3) is 0.500. The molecule has 1 aromatic rings. The minimum absolute atomic E-state index is 0.0254. The third-order valence-corrected chi connectivity index (χ3v) is 4.36. The van der Waals surface area contributed by atoms with Crippen molar-refractivity contribution >= 4 is 46.4 Å². The lowest BCUT2D eigenvalue weighted by atomic mass is 9.80. The topological polar surface area (TPSA) is 20.3 Å². The van der Waals surface area contributed by atoms with E-state index < -0.39 is 9.21 Å². The van der Waals surface area contributed by atoms with E-state index in [1.54, 1.807) is 11.9 Å². The Balaban J connectivity index is 2.63. The van der Waals surface area contributed by atoms with E-state index in [-0.39, 0.29) is 12.3 Å². The van der Waals surface area contributed by atoms with Crippen molar-refractivity contribution in [2.45, 2.75) is 36.4 Å². The molecule has 2 rings (SSSR count). The van der Waals surface area contributed by atoms with Crippen molar-refractivity contribution in [1.29, 1.82) is 0 Å². The number of hydrogen-bond acceptors (Lipinski definition) is 1. The minimum atomic E-state index is -1.45. The van der Waals surface area contributed by atoms with Crippen LogP contribution in [0.25, 0.3) is 0 Å². The highest BCUT2D eigenvalue weighted by atomic mass is 35.6. The number of alkyl halides is 3. The van der Waals surface area contributed by atoms with E-state index in [0.29, 0.717) is 0 Å². The van der Waals surface area contributed by atoms with Gasteiger partial charge in [-0.3, -0.25) is 4.79 Å². The van der Waals surface area contributed by atoms with Crippen LogP contribution in [0.4, 0.5) is 5.69 Å². The molecular formula is C14H16Cl3NO. The van der Waals surface area contributed by atoms with E-state index in [0.717, 1.165) is 22.4 Å². The van der Waals surface area contributed by atoms with Crippen molar-refractivity contribution in [2.75, 3.05) is 11.9 Å². The van der Waals surface area contributed by atoms with Gasteiger partial charge in [-0.25, -0.2) is 0 Å². The molecule has 5 heteroatoms. The first-order valence-electron chi connectivity index (χ1n) is 6.03. The molecule has 0 aliphatic carbocycles. The third-order valence-electron chi connectivity index (χ3n) is 3.96. The van der Waals surface area contributed by atoms with E-state index in [4.69, 9.17) is 34.8 Å². The van der Waals surface area contributed by atoms with Crippen LogP contribution in [-0.4, -0.2) is 16.7 Å². The molecule has 0 aromatic heterocycles. The first kappa shape index (κ1) is 15.0. The smallest absolute Gasteiger partial charge is 0.237 e. The van der Waals surface area contributed by atoms with Crippen molar-refractivity contribution in [3.8, 4) is 0 Å². The van der Waals surface area contributed by atoms with Gasteiger partial charge >= 0.3 is 0 Å². The zero-order chi connectivity index (χ0) is 14.6. The molecule has 104 valence electrons. The van der Waals surface area contributed by atoms with Gasteiger partial charge in [0.25, 0.3) is 0 Å². The number of likely N-dealkylation sites (N-methyl/N-ethyl adjacent to an activating group) is 1. The molecule has 1 amide bonds. The predicted octanol–water partition coefficient (Wildman–Crippen LogP) is 4.30. The summed E-state index contributed by atoms with van der Waals surface area (Å²) in [7, 11) is 1.78. The van der Waals surface area contributed by atoms with Crippen molar-refractivity contribution in [3.63, 3.8) is 0 Å². The lowest BCUT2D eigenvalue weighted by Crippen LogP contribution is -2.38. The number of carbonyl (C=O) groups is 1. The summed E-state index contributed by atoms with van der Waals surface area (Å²) in [5.41, 5.74) is 3.35. The van der Waals surface area contributed by atoms with Crippen LogP contribution in [0.2, 0.25) is 0 Å². The second-order valence-electron chi connectivity index (χ2n) is 5.39. The van der Waals surface area contributed by atoms with E-state index >= 15 is 0 Å². The monoisotopic (exact) mass is 319 g/mol. The predicted molar refractivity (Wildman–Crippen MR) is 81.6 cm³/mol. The maximum absolute atomic E-state index is 12.6. The fourth-order valence-corrected chi connectivity index (χ4v) is 3.64. The Morgan fingerprint density at radius 1 is 1.26 bits per heavy atom. The number of carbonyl (C=O) groups excluding carboxylic acids is 1. The van der Waals surface area contributed by atoms with Crippen LogP contribution >= 0.6 is 34.8 Å². The Labute approximate surface area is 128 Å². The summed E-state index contributed by atoms with van der Waals surface area (Å²) in [6, 6.07) is 3.98.